The number of aromatic nitrogens is 1. The van der Waals surface area contributed by atoms with E-state index in [0.29, 0.717) is 18.4 Å². The van der Waals surface area contributed by atoms with Crippen molar-refractivity contribution in [1.82, 2.24) is 4.98 Å². The van der Waals surface area contributed by atoms with Crippen LogP contribution >= 0.6 is 0 Å². The van der Waals surface area contributed by atoms with Crippen molar-refractivity contribution in [3.05, 3.63) is 23.9 Å². The minimum absolute atomic E-state index is 0.0820. The molecule has 5 nitrogen and oxygen atoms in total. The fourth-order valence-corrected chi connectivity index (χ4v) is 1.72. The molecule has 1 fully saturated rings. The Hall–Kier alpha value is -1.17. The van der Waals surface area contributed by atoms with Gasteiger partial charge in [-0.15, -0.1) is 0 Å². The molecule has 1 aromatic heterocycles. The Labute approximate surface area is 101 Å². The molecule has 17 heavy (non-hydrogen) atoms. The van der Waals surface area contributed by atoms with Gasteiger partial charge in [-0.2, -0.15) is 0 Å². The van der Waals surface area contributed by atoms with E-state index in [2.05, 4.69) is 4.98 Å². The normalized spacial score (nSPS) is 21.4. The zero-order valence-corrected chi connectivity index (χ0v) is 9.71. The highest BCUT2D eigenvalue weighted by Gasteiger charge is 2.16. The minimum atomic E-state index is -0.375. The monoisotopic (exact) mass is 238 g/mol. The second kappa shape index (κ2) is 5.95. The first-order valence-electron chi connectivity index (χ1n) is 5.82. The van der Waals surface area contributed by atoms with Crippen LogP contribution in [0.2, 0.25) is 0 Å². The quantitative estimate of drug-likeness (QED) is 0.780. The highest BCUT2D eigenvalue weighted by Crippen LogP contribution is 2.16. The van der Waals surface area contributed by atoms with Gasteiger partial charge < -0.3 is 20.3 Å². The molecule has 2 heterocycles. The lowest BCUT2D eigenvalue weighted by molar-refractivity contribution is 0.165. The van der Waals surface area contributed by atoms with Gasteiger partial charge >= 0.3 is 0 Å². The van der Waals surface area contributed by atoms with E-state index in [1.165, 1.54) is 0 Å². The smallest absolute Gasteiger partial charge is 0.213 e. The molecule has 0 radical (unpaired) electrons. The molecule has 0 bridgehead atoms. The maximum absolute atomic E-state index is 8.91. The Bertz CT molecular complexity index is 336. The Kier molecular flexibility index (Phi) is 4.30. The average Bonchev–Trinajstić information content (AvgIpc) is 2.89. The van der Waals surface area contributed by atoms with Crippen LogP contribution in [0.4, 0.5) is 0 Å². The van der Waals surface area contributed by atoms with E-state index >= 15 is 0 Å². The third-order valence-electron chi connectivity index (χ3n) is 2.87. The number of aliphatic hydroxyl groups is 1. The van der Waals surface area contributed by atoms with Crippen molar-refractivity contribution in [3.8, 4) is 5.88 Å². The van der Waals surface area contributed by atoms with Crippen LogP contribution in [0, 0.1) is 5.92 Å². The van der Waals surface area contributed by atoms with E-state index in [-0.39, 0.29) is 12.6 Å². The summed E-state index contributed by atoms with van der Waals surface area (Å²) in [6, 6.07) is 3.23. The molecular formula is C12H18N2O3. The van der Waals surface area contributed by atoms with Gasteiger partial charge in [-0.1, -0.05) is 6.07 Å². The van der Waals surface area contributed by atoms with Gasteiger partial charge in [-0.25, -0.2) is 4.98 Å². The number of hydrogen-bond donors (Lipinski definition) is 2. The van der Waals surface area contributed by atoms with Crippen molar-refractivity contribution >= 4 is 0 Å². The van der Waals surface area contributed by atoms with Crippen molar-refractivity contribution in [3.63, 3.8) is 0 Å². The van der Waals surface area contributed by atoms with Gasteiger partial charge in [-0.05, 0) is 12.0 Å². The highest BCUT2D eigenvalue weighted by molar-refractivity contribution is 5.20. The fraction of sp³-hybridized carbons (Fsp3) is 0.583. The summed E-state index contributed by atoms with van der Waals surface area (Å²) in [6.07, 6.45) is 2.69. The molecule has 0 saturated carbocycles. The minimum Gasteiger partial charge on any atom is -0.477 e. The number of rotatable bonds is 5. The number of hydrogen-bond acceptors (Lipinski definition) is 5. The predicted molar refractivity (Wildman–Crippen MR) is 62.7 cm³/mol. The number of nitrogens with two attached hydrogens (primary N) is 1. The summed E-state index contributed by atoms with van der Waals surface area (Å²) in [5, 5.41) is 8.91. The van der Waals surface area contributed by atoms with Crippen molar-refractivity contribution in [2.75, 3.05) is 26.4 Å². The average molecular weight is 238 g/mol. The van der Waals surface area contributed by atoms with Gasteiger partial charge in [0.1, 0.15) is 0 Å². The Morgan fingerprint density at radius 3 is 3.06 bits per heavy atom. The van der Waals surface area contributed by atoms with Crippen LogP contribution in [0.1, 0.15) is 18.0 Å². The molecule has 0 amide bonds. The lowest BCUT2D eigenvalue weighted by Gasteiger charge is -2.11. The Morgan fingerprint density at radius 2 is 2.47 bits per heavy atom. The zero-order valence-electron chi connectivity index (χ0n) is 9.71. The summed E-state index contributed by atoms with van der Waals surface area (Å²) < 4.78 is 10.8. The Balaban J connectivity index is 1.84. The second-order valence-corrected chi connectivity index (χ2v) is 4.26. The molecule has 94 valence electrons. The molecule has 1 aliphatic rings. The molecule has 1 saturated heterocycles. The molecule has 2 rings (SSSR count). The van der Waals surface area contributed by atoms with Gasteiger partial charge in [0.2, 0.25) is 5.88 Å². The maximum atomic E-state index is 8.91. The van der Waals surface area contributed by atoms with Crippen LogP contribution in [-0.2, 0) is 4.74 Å². The third kappa shape index (κ3) is 3.39. The Morgan fingerprint density at radius 1 is 1.59 bits per heavy atom. The molecular weight excluding hydrogens is 220 g/mol. The third-order valence-corrected chi connectivity index (χ3v) is 2.87. The van der Waals surface area contributed by atoms with Crippen molar-refractivity contribution in [1.29, 1.82) is 0 Å². The second-order valence-electron chi connectivity index (χ2n) is 4.26. The summed E-state index contributed by atoms with van der Waals surface area (Å²) in [5.74, 6) is 1.06. The SMILES string of the molecule is N[C@@H](CO)c1ccc(OCC2CCOC2)nc1. The van der Waals surface area contributed by atoms with Crippen LogP contribution < -0.4 is 10.5 Å². The van der Waals surface area contributed by atoms with Crippen molar-refractivity contribution < 1.29 is 14.6 Å². The van der Waals surface area contributed by atoms with E-state index in [1.807, 2.05) is 6.07 Å². The summed E-state index contributed by atoms with van der Waals surface area (Å²) in [4.78, 5) is 4.15. The van der Waals surface area contributed by atoms with Crippen LogP contribution in [0.5, 0.6) is 5.88 Å². The number of pyridine rings is 1. The van der Waals surface area contributed by atoms with E-state index < -0.39 is 0 Å². The van der Waals surface area contributed by atoms with Gasteiger partial charge in [-0.3, -0.25) is 0 Å². The van der Waals surface area contributed by atoms with E-state index in [0.717, 1.165) is 25.2 Å². The maximum Gasteiger partial charge on any atom is 0.213 e. The summed E-state index contributed by atoms with van der Waals surface area (Å²) in [5.41, 5.74) is 6.48. The summed E-state index contributed by atoms with van der Waals surface area (Å²) in [6.45, 7) is 2.15. The predicted octanol–water partition coefficient (Wildman–Crippen LogP) is 0.489. The van der Waals surface area contributed by atoms with Gasteiger partial charge in [0.25, 0.3) is 0 Å². The summed E-state index contributed by atoms with van der Waals surface area (Å²) >= 11 is 0. The van der Waals surface area contributed by atoms with Crippen molar-refractivity contribution in [2.24, 2.45) is 11.7 Å². The van der Waals surface area contributed by atoms with Crippen molar-refractivity contribution in [2.45, 2.75) is 12.5 Å². The fourth-order valence-electron chi connectivity index (χ4n) is 1.72. The molecule has 5 heteroatoms. The lowest BCUT2D eigenvalue weighted by Crippen LogP contribution is -2.15. The molecule has 1 unspecified atom stereocenters. The largest absolute Gasteiger partial charge is 0.477 e. The first-order valence-corrected chi connectivity index (χ1v) is 5.82. The lowest BCUT2D eigenvalue weighted by atomic mass is 10.1. The van der Waals surface area contributed by atoms with Gasteiger partial charge in [0.05, 0.1) is 25.9 Å². The van der Waals surface area contributed by atoms with E-state index in [4.69, 9.17) is 20.3 Å². The molecule has 2 atom stereocenters. The molecule has 0 spiro atoms. The van der Waals surface area contributed by atoms with Crippen LogP contribution in [0.15, 0.2) is 18.3 Å². The van der Waals surface area contributed by atoms with Gasteiger partial charge in [0.15, 0.2) is 0 Å². The molecule has 1 aliphatic heterocycles. The zero-order chi connectivity index (χ0) is 12.1. The molecule has 3 N–H and O–H groups in total. The van der Waals surface area contributed by atoms with Crippen LogP contribution in [0.25, 0.3) is 0 Å². The van der Waals surface area contributed by atoms with E-state index in [1.54, 1.807) is 12.3 Å². The topological polar surface area (TPSA) is 77.6 Å². The highest BCUT2D eigenvalue weighted by atomic mass is 16.5. The van der Waals surface area contributed by atoms with E-state index in [9.17, 15) is 0 Å². The molecule has 0 aliphatic carbocycles. The number of nitrogens with zero attached hydrogens (tertiary/aromatic N) is 1. The first kappa shape index (κ1) is 12.3. The van der Waals surface area contributed by atoms with Gasteiger partial charge in [0, 0.05) is 24.8 Å². The number of ether oxygens (including phenoxy) is 2. The molecule has 1 aromatic rings. The van der Waals surface area contributed by atoms with Crippen LogP contribution in [0.3, 0.4) is 0 Å². The van der Waals surface area contributed by atoms with Crippen LogP contribution in [-0.4, -0.2) is 36.5 Å². The summed E-state index contributed by atoms with van der Waals surface area (Å²) in [7, 11) is 0. The molecule has 0 aromatic carbocycles. The first-order chi connectivity index (χ1) is 8.29. The standard InChI is InChI=1S/C12H18N2O3/c13-11(6-15)10-1-2-12(14-5-10)17-8-9-3-4-16-7-9/h1-2,5,9,11,15H,3-4,6-8,13H2/t9?,11-/m0/s1. The number of aliphatic hydroxyl groups excluding tert-OH is 1.